The zero-order chi connectivity index (χ0) is 14.1. The van der Waals surface area contributed by atoms with Gasteiger partial charge in [0, 0.05) is 24.7 Å². The second-order valence-corrected chi connectivity index (χ2v) is 7.50. The molecule has 0 bridgehead atoms. The molecule has 2 N–H and O–H groups in total. The standard InChI is InChI=1S/C16H32N2O/c1-13-6-5-7-14(10-13)18(4)16(12-17)8-9-19-15(2,3)11-16/h13-14H,5-12,17H2,1-4H3. The van der Waals surface area contributed by atoms with Crippen LogP contribution >= 0.6 is 0 Å². The van der Waals surface area contributed by atoms with E-state index in [1.807, 2.05) is 0 Å². The van der Waals surface area contributed by atoms with Gasteiger partial charge in [-0.3, -0.25) is 4.90 Å². The third-order valence-electron chi connectivity index (χ3n) is 5.40. The quantitative estimate of drug-likeness (QED) is 0.855. The van der Waals surface area contributed by atoms with Crippen molar-refractivity contribution in [2.45, 2.75) is 76.5 Å². The molecule has 1 aliphatic heterocycles. The minimum Gasteiger partial charge on any atom is -0.375 e. The van der Waals surface area contributed by atoms with Crippen molar-refractivity contribution in [2.75, 3.05) is 20.2 Å². The summed E-state index contributed by atoms with van der Waals surface area (Å²) in [6.45, 7) is 8.39. The molecule has 112 valence electrons. The van der Waals surface area contributed by atoms with E-state index in [-0.39, 0.29) is 11.1 Å². The fourth-order valence-corrected chi connectivity index (χ4v) is 4.21. The highest BCUT2D eigenvalue weighted by atomic mass is 16.5. The van der Waals surface area contributed by atoms with Crippen LogP contribution in [-0.4, -0.2) is 42.3 Å². The van der Waals surface area contributed by atoms with Gasteiger partial charge < -0.3 is 10.5 Å². The predicted molar refractivity (Wildman–Crippen MR) is 80.2 cm³/mol. The van der Waals surface area contributed by atoms with Gasteiger partial charge in [0.05, 0.1) is 5.60 Å². The molecular weight excluding hydrogens is 236 g/mol. The van der Waals surface area contributed by atoms with E-state index in [2.05, 4.69) is 32.7 Å². The Hall–Kier alpha value is -0.120. The second kappa shape index (κ2) is 5.71. The molecule has 19 heavy (non-hydrogen) atoms. The molecule has 0 aromatic carbocycles. The molecule has 1 saturated carbocycles. The van der Waals surface area contributed by atoms with Gasteiger partial charge in [-0.25, -0.2) is 0 Å². The van der Waals surface area contributed by atoms with E-state index in [9.17, 15) is 0 Å². The summed E-state index contributed by atoms with van der Waals surface area (Å²) in [5.74, 6) is 0.865. The number of likely N-dealkylation sites (N-methyl/N-ethyl adjacent to an activating group) is 1. The molecule has 3 unspecified atom stereocenters. The lowest BCUT2D eigenvalue weighted by atomic mass is 9.77. The van der Waals surface area contributed by atoms with Crippen LogP contribution in [0.3, 0.4) is 0 Å². The molecule has 3 atom stereocenters. The molecule has 3 heteroatoms. The molecule has 0 aromatic rings. The minimum absolute atomic E-state index is 0.0356. The lowest BCUT2D eigenvalue weighted by molar-refractivity contribution is -0.123. The number of hydrogen-bond donors (Lipinski definition) is 1. The molecular formula is C16H32N2O. The summed E-state index contributed by atoms with van der Waals surface area (Å²) in [6, 6.07) is 0.709. The molecule has 2 rings (SSSR count). The molecule has 1 saturated heterocycles. The summed E-state index contributed by atoms with van der Waals surface area (Å²) in [5.41, 5.74) is 6.31. The van der Waals surface area contributed by atoms with Gasteiger partial charge in [0.1, 0.15) is 0 Å². The number of nitrogens with zero attached hydrogens (tertiary/aromatic N) is 1. The maximum Gasteiger partial charge on any atom is 0.0644 e. The Morgan fingerprint density at radius 2 is 2.05 bits per heavy atom. The van der Waals surface area contributed by atoms with Crippen molar-refractivity contribution in [3.05, 3.63) is 0 Å². The van der Waals surface area contributed by atoms with E-state index in [4.69, 9.17) is 10.5 Å². The first kappa shape index (κ1) is 15.3. The summed E-state index contributed by atoms with van der Waals surface area (Å²) in [5, 5.41) is 0. The lowest BCUT2D eigenvalue weighted by Crippen LogP contribution is -2.62. The summed E-state index contributed by atoms with van der Waals surface area (Å²) in [7, 11) is 2.30. The van der Waals surface area contributed by atoms with Gasteiger partial charge in [-0.2, -0.15) is 0 Å². The molecule has 0 radical (unpaired) electrons. The number of nitrogens with two attached hydrogens (primary N) is 1. The van der Waals surface area contributed by atoms with E-state index in [1.165, 1.54) is 25.7 Å². The van der Waals surface area contributed by atoms with Crippen LogP contribution in [0.25, 0.3) is 0 Å². The van der Waals surface area contributed by atoms with Crippen molar-refractivity contribution >= 4 is 0 Å². The number of rotatable bonds is 3. The second-order valence-electron chi connectivity index (χ2n) is 7.50. The Kier molecular flexibility index (Phi) is 4.59. The molecule has 0 spiro atoms. The normalized spacial score (nSPS) is 39.5. The highest BCUT2D eigenvalue weighted by Gasteiger charge is 2.45. The van der Waals surface area contributed by atoms with Gasteiger partial charge in [-0.15, -0.1) is 0 Å². The molecule has 0 amide bonds. The Labute approximate surface area is 118 Å². The summed E-state index contributed by atoms with van der Waals surface area (Å²) in [4.78, 5) is 2.62. The monoisotopic (exact) mass is 268 g/mol. The van der Waals surface area contributed by atoms with Crippen LogP contribution < -0.4 is 5.73 Å². The predicted octanol–water partition coefficient (Wildman–Crippen LogP) is 2.78. The molecule has 3 nitrogen and oxygen atoms in total. The van der Waals surface area contributed by atoms with Crippen molar-refractivity contribution in [1.29, 1.82) is 0 Å². The van der Waals surface area contributed by atoms with Crippen molar-refractivity contribution in [3.8, 4) is 0 Å². The fourth-order valence-electron chi connectivity index (χ4n) is 4.21. The minimum atomic E-state index is -0.0356. The van der Waals surface area contributed by atoms with Crippen LogP contribution in [0.1, 0.15) is 59.3 Å². The zero-order valence-electron chi connectivity index (χ0n) is 13.2. The molecule has 2 fully saturated rings. The molecule has 1 aliphatic carbocycles. The third-order valence-corrected chi connectivity index (χ3v) is 5.40. The van der Waals surface area contributed by atoms with Crippen LogP contribution in [0.5, 0.6) is 0 Å². The van der Waals surface area contributed by atoms with Gasteiger partial charge in [-0.1, -0.05) is 19.8 Å². The maximum atomic E-state index is 6.20. The summed E-state index contributed by atoms with van der Waals surface area (Å²) >= 11 is 0. The number of ether oxygens (including phenoxy) is 1. The van der Waals surface area contributed by atoms with Crippen molar-refractivity contribution in [1.82, 2.24) is 4.90 Å². The largest absolute Gasteiger partial charge is 0.375 e. The fraction of sp³-hybridized carbons (Fsp3) is 1.00. The van der Waals surface area contributed by atoms with Crippen LogP contribution in [0.15, 0.2) is 0 Å². The first-order valence-electron chi connectivity index (χ1n) is 7.95. The topological polar surface area (TPSA) is 38.5 Å². The average molecular weight is 268 g/mol. The van der Waals surface area contributed by atoms with Crippen LogP contribution in [0.2, 0.25) is 0 Å². The van der Waals surface area contributed by atoms with Crippen LogP contribution in [-0.2, 0) is 4.74 Å². The van der Waals surface area contributed by atoms with Gasteiger partial charge >= 0.3 is 0 Å². The molecule has 1 heterocycles. The molecule has 0 aromatic heterocycles. The summed E-state index contributed by atoms with van der Waals surface area (Å²) < 4.78 is 5.90. The van der Waals surface area contributed by atoms with Gasteiger partial charge in [0.25, 0.3) is 0 Å². The first-order valence-corrected chi connectivity index (χ1v) is 7.95. The summed E-state index contributed by atoms with van der Waals surface area (Å²) in [6.07, 6.45) is 7.57. The lowest BCUT2D eigenvalue weighted by Gasteiger charge is -2.53. The maximum absolute atomic E-state index is 6.20. The van der Waals surface area contributed by atoms with Gasteiger partial charge in [0.2, 0.25) is 0 Å². The Morgan fingerprint density at radius 1 is 1.32 bits per heavy atom. The first-order chi connectivity index (χ1) is 8.88. The van der Waals surface area contributed by atoms with Crippen molar-refractivity contribution in [3.63, 3.8) is 0 Å². The van der Waals surface area contributed by atoms with Gasteiger partial charge in [-0.05, 0) is 52.5 Å². The average Bonchev–Trinajstić information content (AvgIpc) is 2.36. The van der Waals surface area contributed by atoms with Gasteiger partial charge in [0.15, 0.2) is 0 Å². The number of hydrogen-bond acceptors (Lipinski definition) is 3. The molecule has 2 aliphatic rings. The van der Waals surface area contributed by atoms with E-state index < -0.39 is 0 Å². The highest BCUT2D eigenvalue weighted by molar-refractivity contribution is 5.00. The third kappa shape index (κ3) is 3.32. The Balaban J connectivity index is 2.11. The Bertz CT molecular complexity index is 305. The van der Waals surface area contributed by atoms with E-state index in [1.54, 1.807) is 0 Å². The van der Waals surface area contributed by atoms with Crippen LogP contribution in [0.4, 0.5) is 0 Å². The smallest absolute Gasteiger partial charge is 0.0644 e. The van der Waals surface area contributed by atoms with E-state index in [0.717, 1.165) is 31.9 Å². The zero-order valence-corrected chi connectivity index (χ0v) is 13.2. The highest BCUT2D eigenvalue weighted by Crippen LogP contribution is 2.39. The van der Waals surface area contributed by atoms with Crippen molar-refractivity contribution < 1.29 is 4.74 Å². The van der Waals surface area contributed by atoms with E-state index in [0.29, 0.717) is 6.04 Å². The van der Waals surface area contributed by atoms with Crippen LogP contribution in [0, 0.1) is 5.92 Å². The SMILES string of the molecule is CC1CCCC(N(C)C2(CN)CCOC(C)(C)C2)C1. The Morgan fingerprint density at radius 3 is 2.63 bits per heavy atom. The van der Waals surface area contributed by atoms with Crippen molar-refractivity contribution in [2.24, 2.45) is 11.7 Å². The van der Waals surface area contributed by atoms with E-state index >= 15 is 0 Å².